The minimum Gasteiger partial charge on any atom is -0.476 e. The van der Waals surface area contributed by atoms with E-state index in [4.69, 9.17) is 9.84 Å². The highest BCUT2D eigenvalue weighted by Crippen LogP contribution is 3.02. The standard InChI is InChI=1S/C15H10F5N3O3S/c16-27(17,18,19,20)12-7-3-10(4-8-12)9-1-5-11(6-2-9)26-14-13(15(24)25)21-23-22-14/h1-8H,(H,24,25)(H,21,22,23). The Labute approximate surface area is 148 Å². The number of ether oxygens (including phenoxy) is 1. The normalized spacial score (nSPS) is 14.3. The molecule has 0 aliphatic carbocycles. The molecule has 3 aromatic rings. The monoisotopic (exact) mass is 407 g/mol. The van der Waals surface area contributed by atoms with Gasteiger partial charge in [-0.2, -0.15) is 0 Å². The summed E-state index contributed by atoms with van der Waals surface area (Å²) in [5, 5.41) is 17.8. The lowest BCUT2D eigenvalue weighted by atomic mass is 10.1. The van der Waals surface area contributed by atoms with Gasteiger partial charge in [-0.05, 0) is 35.4 Å². The summed E-state index contributed by atoms with van der Waals surface area (Å²) in [6, 6.07) is 8.30. The van der Waals surface area contributed by atoms with Crippen molar-refractivity contribution in [3.05, 3.63) is 54.2 Å². The topological polar surface area (TPSA) is 88.1 Å². The third-order valence-electron chi connectivity index (χ3n) is 3.43. The van der Waals surface area contributed by atoms with Gasteiger partial charge in [-0.25, -0.2) is 9.89 Å². The molecule has 0 unspecified atom stereocenters. The van der Waals surface area contributed by atoms with Gasteiger partial charge in [-0.3, -0.25) is 0 Å². The number of H-pyrrole nitrogens is 1. The highest BCUT2D eigenvalue weighted by Gasteiger charge is 2.65. The van der Waals surface area contributed by atoms with Crippen molar-refractivity contribution >= 4 is 16.2 Å². The number of hydrogen-bond donors (Lipinski definition) is 2. The summed E-state index contributed by atoms with van der Waals surface area (Å²) < 4.78 is 69.0. The minimum atomic E-state index is -9.71. The number of halogens is 5. The van der Waals surface area contributed by atoms with Gasteiger partial charge in [0.2, 0.25) is 5.69 Å². The fourth-order valence-electron chi connectivity index (χ4n) is 2.17. The molecule has 6 nitrogen and oxygen atoms in total. The van der Waals surface area contributed by atoms with Crippen molar-refractivity contribution in [2.24, 2.45) is 0 Å². The number of carbonyl (C=O) groups is 1. The number of aromatic nitrogens is 3. The second kappa shape index (κ2) is 5.42. The molecule has 12 heteroatoms. The smallest absolute Gasteiger partial charge is 0.362 e. The Morgan fingerprint density at radius 1 is 0.926 bits per heavy atom. The van der Waals surface area contributed by atoms with Crippen molar-refractivity contribution in [1.82, 2.24) is 15.4 Å². The molecule has 0 aliphatic heterocycles. The lowest BCUT2D eigenvalue weighted by Gasteiger charge is -2.40. The molecule has 0 amide bonds. The Hall–Kier alpha value is -3.15. The van der Waals surface area contributed by atoms with Gasteiger partial charge in [0.05, 0.1) is 0 Å². The Morgan fingerprint density at radius 3 is 1.93 bits per heavy atom. The molecule has 3 rings (SSSR count). The molecule has 0 atom stereocenters. The van der Waals surface area contributed by atoms with Crippen LogP contribution in [0, 0.1) is 0 Å². The first-order valence-electron chi connectivity index (χ1n) is 7.10. The largest absolute Gasteiger partial charge is 0.476 e. The van der Waals surface area contributed by atoms with Crippen LogP contribution < -0.4 is 4.74 Å². The maximum absolute atomic E-state index is 12.7. The molecule has 2 aromatic carbocycles. The summed E-state index contributed by atoms with van der Waals surface area (Å²) >= 11 is 0. The van der Waals surface area contributed by atoms with E-state index in [-0.39, 0.29) is 17.2 Å². The van der Waals surface area contributed by atoms with Crippen LogP contribution in [0.25, 0.3) is 11.1 Å². The lowest BCUT2D eigenvalue weighted by Crippen LogP contribution is -2.05. The molecule has 0 fully saturated rings. The van der Waals surface area contributed by atoms with Crippen molar-refractivity contribution in [3.63, 3.8) is 0 Å². The van der Waals surface area contributed by atoms with E-state index in [0.29, 0.717) is 17.7 Å². The maximum atomic E-state index is 12.7. The van der Waals surface area contributed by atoms with Crippen molar-refractivity contribution in [1.29, 1.82) is 0 Å². The second-order valence-electron chi connectivity index (χ2n) is 5.41. The minimum absolute atomic E-state index is 0.199. The second-order valence-corrected chi connectivity index (χ2v) is 7.82. The fourth-order valence-corrected chi connectivity index (χ4v) is 2.82. The first-order chi connectivity index (χ1) is 12.3. The number of nitrogens with zero attached hydrogens (tertiary/aromatic N) is 2. The Balaban J connectivity index is 1.82. The van der Waals surface area contributed by atoms with Crippen molar-refractivity contribution in [3.8, 4) is 22.8 Å². The number of aromatic amines is 1. The van der Waals surface area contributed by atoms with Gasteiger partial charge in [-0.15, -0.1) is 5.10 Å². The average Bonchev–Trinajstić information content (AvgIpc) is 3.02. The third-order valence-corrected chi connectivity index (χ3v) is 4.59. The van der Waals surface area contributed by atoms with Crippen molar-refractivity contribution < 1.29 is 34.1 Å². The van der Waals surface area contributed by atoms with Gasteiger partial charge in [0, 0.05) is 0 Å². The van der Waals surface area contributed by atoms with Crippen LogP contribution in [-0.4, -0.2) is 26.5 Å². The van der Waals surface area contributed by atoms with E-state index in [1.54, 1.807) is 0 Å². The molecule has 0 spiro atoms. The van der Waals surface area contributed by atoms with Crippen LogP contribution in [-0.2, 0) is 0 Å². The molecule has 0 radical (unpaired) electrons. The first-order valence-corrected chi connectivity index (χ1v) is 9.05. The zero-order valence-corrected chi connectivity index (χ0v) is 13.9. The quantitative estimate of drug-likeness (QED) is 0.536. The van der Waals surface area contributed by atoms with Crippen LogP contribution >= 0.6 is 10.2 Å². The summed E-state index contributed by atoms with van der Waals surface area (Å²) in [4.78, 5) is 8.96. The lowest BCUT2D eigenvalue weighted by molar-refractivity contribution is 0.0687. The Morgan fingerprint density at radius 2 is 1.44 bits per heavy atom. The van der Waals surface area contributed by atoms with Gasteiger partial charge in [0.15, 0.2) is 0 Å². The van der Waals surface area contributed by atoms with E-state index in [9.17, 15) is 24.2 Å². The van der Waals surface area contributed by atoms with E-state index in [1.165, 1.54) is 24.3 Å². The van der Waals surface area contributed by atoms with E-state index in [1.807, 2.05) is 0 Å². The van der Waals surface area contributed by atoms with Gasteiger partial charge in [0.25, 0.3) is 5.88 Å². The average molecular weight is 407 g/mol. The van der Waals surface area contributed by atoms with Crippen molar-refractivity contribution in [2.45, 2.75) is 4.90 Å². The summed E-state index contributed by atoms with van der Waals surface area (Å²) in [6.45, 7) is 0. The summed E-state index contributed by atoms with van der Waals surface area (Å²) in [5.74, 6) is -1.34. The fraction of sp³-hybridized carbons (Fsp3) is 0. The van der Waals surface area contributed by atoms with Crippen LogP contribution in [0.2, 0.25) is 0 Å². The molecule has 2 N–H and O–H groups in total. The van der Waals surface area contributed by atoms with E-state index in [2.05, 4.69) is 15.4 Å². The molecule has 144 valence electrons. The Bertz CT molecular complexity index is 1000. The molecule has 1 heterocycles. The molecule has 0 bridgehead atoms. The van der Waals surface area contributed by atoms with Gasteiger partial charge in [0.1, 0.15) is 10.6 Å². The predicted octanol–water partition coefficient (Wildman–Crippen LogP) is 5.62. The van der Waals surface area contributed by atoms with Crippen LogP contribution in [0.5, 0.6) is 11.6 Å². The van der Waals surface area contributed by atoms with Crippen molar-refractivity contribution in [2.75, 3.05) is 0 Å². The molecule has 0 saturated heterocycles. The summed E-state index contributed by atoms with van der Waals surface area (Å²) in [7, 11) is -9.71. The third kappa shape index (κ3) is 4.16. The Kier molecular flexibility index (Phi) is 3.74. The first kappa shape index (κ1) is 18.6. The van der Waals surface area contributed by atoms with E-state index in [0.717, 1.165) is 12.1 Å². The van der Waals surface area contributed by atoms with E-state index >= 15 is 0 Å². The number of hydrogen-bond acceptors (Lipinski definition) is 4. The molecular formula is C15H10F5N3O3S. The maximum Gasteiger partial charge on any atom is 0.362 e. The van der Waals surface area contributed by atoms with Gasteiger partial charge < -0.3 is 9.84 Å². The number of carboxylic acids is 1. The molecular weight excluding hydrogens is 397 g/mol. The van der Waals surface area contributed by atoms with E-state index < -0.39 is 26.8 Å². The number of nitrogens with one attached hydrogen (secondary N) is 1. The summed E-state index contributed by atoms with van der Waals surface area (Å²) in [5.41, 5.74) is 0.296. The van der Waals surface area contributed by atoms with Gasteiger partial charge in [-0.1, -0.05) is 48.9 Å². The predicted molar refractivity (Wildman–Crippen MR) is 86.7 cm³/mol. The van der Waals surface area contributed by atoms with Crippen LogP contribution in [0.15, 0.2) is 53.4 Å². The number of rotatable bonds is 5. The highest BCUT2D eigenvalue weighted by atomic mass is 32.5. The molecule has 0 saturated carbocycles. The van der Waals surface area contributed by atoms with Gasteiger partial charge >= 0.3 is 16.2 Å². The van der Waals surface area contributed by atoms with Crippen LogP contribution in [0.3, 0.4) is 0 Å². The number of aromatic carboxylic acids is 1. The summed E-state index contributed by atoms with van der Waals surface area (Å²) in [6.07, 6.45) is 0. The number of benzene rings is 2. The van der Waals surface area contributed by atoms with Crippen LogP contribution in [0.1, 0.15) is 10.5 Å². The zero-order valence-electron chi connectivity index (χ0n) is 13.1. The molecule has 27 heavy (non-hydrogen) atoms. The molecule has 0 aliphatic rings. The highest BCUT2D eigenvalue weighted by molar-refractivity contribution is 8.45. The molecule has 1 aromatic heterocycles. The number of carboxylic acid groups (broad SMARTS) is 1. The SMILES string of the molecule is O=C(O)c1nn[nH]c1Oc1ccc(-c2ccc(S(F)(F)(F)(F)F)cc2)cc1. The zero-order chi connectivity index (χ0) is 19.9. The van der Waals surface area contributed by atoms with Crippen LogP contribution in [0.4, 0.5) is 19.4 Å².